The van der Waals surface area contributed by atoms with Crippen LogP contribution in [0.4, 0.5) is 30.0 Å². The second-order valence-electron chi connectivity index (χ2n) is 1.19. The van der Waals surface area contributed by atoms with Gasteiger partial charge in [0.1, 0.15) is 0 Å². The Kier molecular flexibility index (Phi) is 1.50. The van der Waals surface area contributed by atoms with Gasteiger partial charge in [-0.1, -0.05) is 0 Å². The zero-order chi connectivity index (χ0) is 7.95. The first-order valence-corrected chi connectivity index (χ1v) is 3.27. The first kappa shape index (κ1) is 8.94. The molecule has 0 atom stereocenters. The second kappa shape index (κ2) is 1.51. The van der Waals surface area contributed by atoms with Gasteiger partial charge >= 0.3 is 43.7 Å². The van der Waals surface area contributed by atoms with E-state index in [1.807, 2.05) is 0 Å². The van der Waals surface area contributed by atoms with Crippen LogP contribution < -0.4 is 0 Å². The minimum absolute atomic E-state index is 6.66. The number of alkyl halides is 3. The van der Waals surface area contributed by atoms with Crippen molar-refractivity contribution in [3.63, 3.8) is 0 Å². The molecule has 0 aliphatic rings. The van der Waals surface area contributed by atoms with E-state index < -0.39 is 13.8 Å². The van der Waals surface area contributed by atoms with E-state index in [0.29, 0.717) is 0 Å². The van der Waals surface area contributed by atoms with E-state index in [4.69, 9.17) is 0 Å². The van der Waals surface area contributed by atoms with Crippen LogP contribution in [-0.2, 0) is 0 Å². The molecule has 0 nitrogen and oxygen atoms in total. The third kappa shape index (κ3) is 1.97. The van der Waals surface area contributed by atoms with Crippen LogP contribution in [0.25, 0.3) is 0 Å². The third-order valence-corrected chi connectivity index (χ3v) is 1.15. The Hall–Kier alpha value is -0.0600. The summed E-state index contributed by atoms with van der Waals surface area (Å²) < 4.78 is 73.9. The van der Waals surface area contributed by atoms with Gasteiger partial charge in [0.05, 0.1) is 0 Å². The molecule has 0 rings (SSSR count). The topological polar surface area (TPSA) is 0 Å². The molecule has 0 fully saturated rings. The molecular formula is CF7P. The maximum absolute atomic E-state index is 10.6. The van der Waals surface area contributed by atoms with Crippen molar-refractivity contribution >= 4 is 7.85 Å². The Morgan fingerprint density at radius 3 is 0.889 bits per heavy atom. The maximum atomic E-state index is 10.6. The Morgan fingerprint density at radius 1 is 0.778 bits per heavy atom. The number of rotatable bonds is 0. The molecule has 0 aromatic heterocycles. The Balaban J connectivity index is 4.56. The summed E-state index contributed by atoms with van der Waals surface area (Å²) in [5.74, 6) is -6.66. The van der Waals surface area contributed by atoms with Gasteiger partial charge in [-0.15, -0.1) is 0 Å². The van der Waals surface area contributed by atoms with Crippen molar-refractivity contribution in [2.75, 3.05) is 0 Å². The molecule has 0 heterocycles. The summed E-state index contributed by atoms with van der Waals surface area (Å²) in [5, 5.41) is 0. The van der Waals surface area contributed by atoms with Crippen molar-refractivity contribution in [1.82, 2.24) is 0 Å². The SMILES string of the molecule is FC(F)(F)P(F)(F)(F)F. The van der Waals surface area contributed by atoms with Crippen LogP contribution in [0.15, 0.2) is 0 Å². The minimum atomic E-state index is -9.31. The van der Waals surface area contributed by atoms with E-state index in [2.05, 4.69) is 0 Å². The van der Waals surface area contributed by atoms with Gasteiger partial charge in [-0.3, -0.25) is 0 Å². The van der Waals surface area contributed by atoms with Gasteiger partial charge < -0.3 is 0 Å². The molecule has 0 unspecified atom stereocenters. The molecule has 0 saturated carbocycles. The number of hydrogen-bond donors (Lipinski definition) is 0. The fraction of sp³-hybridized carbons (Fsp3) is 1.00. The molecule has 0 radical (unpaired) electrons. The summed E-state index contributed by atoms with van der Waals surface area (Å²) >= 11 is 0. The van der Waals surface area contributed by atoms with E-state index in [9.17, 15) is 30.0 Å². The number of halogens is 7. The standard InChI is InChI=1S/CF7P/c2-1(3,4)9(5,6,7)8. The summed E-state index contributed by atoms with van der Waals surface area (Å²) in [4.78, 5) is 0. The van der Waals surface area contributed by atoms with Crippen molar-refractivity contribution < 1.29 is 30.0 Å². The van der Waals surface area contributed by atoms with Gasteiger partial charge in [-0.25, -0.2) is 0 Å². The van der Waals surface area contributed by atoms with Gasteiger partial charge in [-0.05, 0) is 0 Å². The quantitative estimate of drug-likeness (QED) is 0.390. The zero-order valence-electron chi connectivity index (χ0n) is 3.59. The molecular weight excluding hydrogens is 176 g/mol. The van der Waals surface area contributed by atoms with Crippen molar-refractivity contribution in [2.45, 2.75) is 5.92 Å². The Bertz CT molecular complexity index is 104. The molecule has 0 bridgehead atoms. The summed E-state index contributed by atoms with van der Waals surface area (Å²) in [7, 11) is -9.31. The number of hydrogen-bond acceptors (Lipinski definition) is 0. The van der Waals surface area contributed by atoms with E-state index in [1.54, 1.807) is 0 Å². The second-order valence-corrected chi connectivity index (χ2v) is 3.14. The van der Waals surface area contributed by atoms with Crippen molar-refractivity contribution in [2.24, 2.45) is 0 Å². The zero-order valence-corrected chi connectivity index (χ0v) is 4.49. The van der Waals surface area contributed by atoms with Crippen LogP contribution in [0.1, 0.15) is 0 Å². The molecule has 0 saturated heterocycles. The van der Waals surface area contributed by atoms with Crippen LogP contribution in [0, 0.1) is 0 Å². The van der Waals surface area contributed by atoms with E-state index in [0.717, 1.165) is 0 Å². The predicted molar refractivity (Wildman–Crippen MR) is 17.4 cm³/mol. The average Bonchev–Trinajstić information content (AvgIpc) is 1.20. The Labute approximate surface area is 45.1 Å². The fourth-order valence-electron chi connectivity index (χ4n) is 0. The van der Waals surface area contributed by atoms with Crippen LogP contribution in [0.5, 0.6) is 0 Å². The summed E-state index contributed by atoms with van der Waals surface area (Å²) in [6.07, 6.45) is 0. The summed E-state index contributed by atoms with van der Waals surface area (Å²) in [6, 6.07) is 0. The Morgan fingerprint density at radius 2 is 0.889 bits per heavy atom. The third-order valence-electron chi connectivity index (χ3n) is 0.383. The molecule has 9 heavy (non-hydrogen) atoms. The van der Waals surface area contributed by atoms with E-state index in [-0.39, 0.29) is 0 Å². The molecule has 0 amide bonds. The van der Waals surface area contributed by atoms with E-state index >= 15 is 0 Å². The van der Waals surface area contributed by atoms with E-state index in [1.165, 1.54) is 0 Å². The van der Waals surface area contributed by atoms with Gasteiger partial charge in [0.25, 0.3) is 0 Å². The summed E-state index contributed by atoms with van der Waals surface area (Å²) in [5.41, 5.74) is 0. The fourth-order valence-corrected chi connectivity index (χ4v) is 0. The van der Waals surface area contributed by atoms with Gasteiger partial charge in [-0.2, -0.15) is 0 Å². The monoisotopic (exact) mass is 176 g/mol. The van der Waals surface area contributed by atoms with Crippen molar-refractivity contribution in [1.29, 1.82) is 0 Å². The van der Waals surface area contributed by atoms with Crippen molar-refractivity contribution in [3.05, 3.63) is 0 Å². The van der Waals surface area contributed by atoms with Crippen LogP contribution in [0.2, 0.25) is 0 Å². The van der Waals surface area contributed by atoms with Crippen LogP contribution in [-0.4, -0.2) is 5.92 Å². The molecule has 0 N–H and O–H groups in total. The molecule has 0 aromatic carbocycles. The average molecular weight is 176 g/mol. The molecule has 0 aliphatic carbocycles. The van der Waals surface area contributed by atoms with Crippen molar-refractivity contribution in [3.8, 4) is 0 Å². The molecule has 0 aliphatic heterocycles. The molecule has 0 aromatic rings. The molecule has 0 spiro atoms. The normalized spacial score (nSPS) is 18.8. The first-order valence-electron chi connectivity index (χ1n) is 1.47. The summed E-state index contributed by atoms with van der Waals surface area (Å²) in [6.45, 7) is 0. The first-order chi connectivity index (χ1) is 3.51. The van der Waals surface area contributed by atoms with Gasteiger partial charge in [0, 0.05) is 0 Å². The van der Waals surface area contributed by atoms with Gasteiger partial charge in [0.15, 0.2) is 0 Å². The molecule has 8 heteroatoms. The van der Waals surface area contributed by atoms with Crippen LogP contribution >= 0.6 is 7.85 Å². The van der Waals surface area contributed by atoms with Gasteiger partial charge in [0.2, 0.25) is 0 Å². The molecule has 58 valence electrons. The van der Waals surface area contributed by atoms with Crippen LogP contribution in [0.3, 0.4) is 0 Å². The predicted octanol–water partition coefficient (Wildman–Crippen LogP) is 3.60.